The topological polar surface area (TPSA) is 93.4 Å². The average molecular weight is 538 g/mol. The lowest BCUT2D eigenvalue weighted by Gasteiger charge is -2.38. The average Bonchev–Trinajstić information content (AvgIpc) is 3.01. The Labute approximate surface area is 218 Å². The monoisotopic (exact) mass is 537 g/mol. The number of nitriles is 1. The van der Waals surface area contributed by atoms with Crippen LogP contribution in [0.4, 0.5) is 8.78 Å². The van der Waals surface area contributed by atoms with Crippen LogP contribution in [0.25, 0.3) is 0 Å². The Morgan fingerprint density at radius 2 is 1.89 bits per heavy atom. The zero-order valence-electron chi connectivity index (χ0n) is 20.3. The minimum absolute atomic E-state index is 0.0339. The Hall–Kier alpha value is -2.73. The van der Waals surface area contributed by atoms with Gasteiger partial charge in [0, 0.05) is 22.5 Å². The summed E-state index contributed by atoms with van der Waals surface area (Å²) in [5.74, 6) is -4.83. The van der Waals surface area contributed by atoms with Gasteiger partial charge in [0.25, 0.3) is 0 Å². The van der Waals surface area contributed by atoms with Crippen molar-refractivity contribution in [2.24, 2.45) is 5.41 Å². The van der Waals surface area contributed by atoms with E-state index in [-0.39, 0.29) is 26.6 Å². The molecule has 0 aliphatic carbocycles. The van der Waals surface area contributed by atoms with Gasteiger partial charge in [-0.3, -0.25) is 14.5 Å². The first kappa shape index (κ1) is 27.9. The van der Waals surface area contributed by atoms with Crippen molar-refractivity contribution in [1.29, 1.82) is 5.26 Å². The highest BCUT2D eigenvalue weighted by Gasteiger charge is 2.63. The number of carboxylic acids is 1. The summed E-state index contributed by atoms with van der Waals surface area (Å²) < 4.78 is 31.1. The van der Waals surface area contributed by atoms with Crippen LogP contribution in [0, 0.1) is 28.4 Å². The molecule has 2 aromatic carbocycles. The fraction of sp³-hybridized carbons (Fsp3) is 0.423. The zero-order valence-corrected chi connectivity index (χ0v) is 21.8. The second-order valence-electron chi connectivity index (χ2n) is 10.2. The van der Waals surface area contributed by atoms with E-state index in [1.807, 2.05) is 20.8 Å². The van der Waals surface area contributed by atoms with Crippen molar-refractivity contribution in [3.63, 3.8) is 0 Å². The molecule has 0 bridgehead atoms. The number of nitrogens with one attached hydrogen (secondary N) is 1. The van der Waals surface area contributed by atoms with Gasteiger partial charge in [-0.1, -0.05) is 62.2 Å². The third kappa shape index (κ3) is 5.06. The molecule has 1 fully saturated rings. The highest BCUT2D eigenvalue weighted by Crippen LogP contribution is 2.56. The Bertz CT molecular complexity index is 1230. The smallest absolute Gasteiger partial charge is 0.322 e. The van der Waals surface area contributed by atoms with Crippen LogP contribution >= 0.6 is 23.2 Å². The molecule has 192 valence electrons. The van der Waals surface area contributed by atoms with Crippen molar-refractivity contribution in [1.82, 2.24) is 10.2 Å². The van der Waals surface area contributed by atoms with Gasteiger partial charge in [0.05, 0.1) is 17.1 Å². The van der Waals surface area contributed by atoms with Gasteiger partial charge in [-0.05, 0) is 42.6 Å². The number of aliphatic carboxylic acids is 1. The van der Waals surface area contributed by atoms with Gasteiger partial charge in [-0.25, -0.2) is 8.78 Å². The second-order valence-corrected chi connectivity index (χ2v) is 11.1. The molecule has 0 aromatic heterocycles. The van der Waals surface area contributed by atoms with Gasteiger partial charge in [0.1, 0.15) is 23.6 Å². The van der Waals surface area contributed by atoms with Crippen molar-refractivity contribution in [2.45, 2.75) is 50.6 Å². The summed E-state index contributed by atoms with van der Waals surface area (Å²) in [6.45, 7) is 5.14. The van der Waals surface area contributed by atoms with Gasteiger partial charge in [-0.15, -0.1) is 0 Å². The molecule has 1 amide bonds. The van der Waals surface area contributed by atoms with E-state index >= 15 is 8.78 Å². The van der Waals surface area contributed by atoms with Crippen molar-refractivity contribution < 1.29 is 23.5 Å². The van der Waals surface area contributed by atoms with Crippen molar-refractivity contribution in [3.8, 4) is 6.07 Å². The lowest BCUT2D eigenvalue weighted by Crippen LogP contribution is -2.47. The third-order valence-electron chi connectivity index (χ3n) is 6.63. The molecule has 0 radical (unpaired) electrons. The van der Waals surface area contributed by atoms with Gasteiger partial charge < -0.3 is 10.4 Å². The molecule has 2 N–H and O–H groups in total. The molecule has 6 nitrogen and oxygen atoms in total. The number of likely N-dealkylation sites (N-methyl/N-ethyl adjacent to an activating group) is 1. The molecule has 1 saturated heterocycles. The molecule has 1 aliphatic rings. The minimum atomic E-state index is -1.76. The van der Waals surface area contributed by atoms with Crippen LogP contribution in [0.1, 0.15) is 44.2 Å². The standard InChI is InChI=1S/C26H27Cl2F2N3O3/c1-25(2,3)11-19-26(13-31,16-9-8-14(27)10-18(16)29)21(15-6-5-7-17(28)22(15)30)23(33(19)4)24(36)32-12-20(34)35/h5-10,19,21,23H,11-12H2,1-4H3,(H,32,36)(H,34,35). The number of carboxylic acid groups (broad SMARTS) is 1. The first-order valence-electron chi connectivity index (χ1n) is 11.3. The molecular weight excluding hydrogens is 511 g/mol. The molecule has 2 aromatic rings. The number of benzene rings is 2. The van der Waals surface area contributed by atoms with E-state index in [4.69, 9.17) is 28.3 Å². The van der Waals surface area contributed by atoms with Crippen molar-refractivity contribution in [3.05, 3.63) is 69.2 Å². The summed E-state index contributed by atoms with van der Waals surface area (Å²) >= 11 is 12.1. The van der Waals surface area contributed by atoms with Crippen LogP contribution < -0.4 is 5.32 Å². The third-order valence-corrected chi connectivity index (χ3v) is 7.16. The van der Waals surface area contributed by atoms with Crippen LogP contribution in [0.3, 0.4) is 0 Å². The van der Waals surface area contributed by atoms with Crippen molar-refractivity contribution in [2.75, 3.05) is 13.6 Å². The summed E-state index contributed by atoms with van der Waals surface area (Å²) in [4.78, 5) is 26.2. The summed E-state index contributed by atoms with van der Waals surface area (Å²) in [6.07, 6.45) is 0.334. The number of hydrogen-bond donors (Lipinski definition) is 2. The van der Waals surface area contributed by atoms with Gasteiger partial charge in [0.2, 0.25) is 5.91 Å². The summed E-state index contributed by atoms with van der Waals surface area (Å²) in [6, 6.07) is 8.44. The molecule has 36 heavy (non-hydrogen) atoms. The van der Waals surface area contributed by atoms with E-state index in [1.54, 1.807) is 11.9 Å². The van der Waals surface area contributed by atoms with E-state index < -0.39 is 53.5 Å². The van der Waals surface area contributed by atoms with Crippen LogP contribution in [0.15, 0.2) is 36.4 Å². The zero-order chi connectivity index (χ0) is 27.0. The molecule has 4 unspecified atom stereocenters. The maximum Gasteiger partial charge on any atom is 0.322 e. The normalized spacial score (nSPS) is 24.4. The lowest BCUT2D eigenvalue weighted by molar-refractivity contribution is -0.138. The number of amides is 1. The van der Waals surface area contributed by atoms with E-state index in [0.717, 1.165) is 6.07 Å². The van der Waals surface area contributed by atoms with E-state index in [9.17, 15) is 14.9 Å². The van der Waals surface area contributed by atoms with Gasteiger partial charge in [-0.2, -0.15) is 5.26 Å². The van der Waals surface area contributed by atoms with Gasteiger partial charge >= 0.3 is 5.97 Å². The molecule has 1 aliphatic heterocycles. The molecular formula is C26H27Cl2F2N3O3. The largest absolute Gasteiger partial charge is 0.480 e. The van der Waals surface area contributed by atoms with E-state index in [0.29, 0.717) is 6.42 Å². The number of hydrogen-bond acceptors (Lipinski definition) is 4. The first-order valence-corrected chi connectivity index (χ1v) is 12.0. The SMILES string of the molecule is CN1C(C(=O)NCC(=O)O)C(c2cccc(Cl)c2F)C(C#N)(c2ccc(Cl)cc2F)C1CC(C)(C)C. The number of carbonyl (C=O) groups is 2. The number of likely N-dealkylation sites (tertiary alicyclic amines) is 1. The lowest BCUT2D eigenvalue weighted by atomic mass is 9.62. The number of halogens is 4. The molecule has 0 saturated carbocycles. The number of rotatable bonds is 6. The maximum absolute atomic E-state index is 15.6. The van der Waals surface area contributed by atoms with Crippen LogP contribution in [-0.2, 0) is 15.0 Å². The van der Waals surface area contributed by atoms with Crippen LogP contribution in [0.5, 0.6) is 0 Å². The highest BCUT2D eigenvalue weighted by molar-refractivity contribution is 6.31. The summed E-state index contributed by atoms with van der Waals surface area (Å²) in [5, 5.41) is 22.2. The maximum atomic E-state index is 15.6. The van der Waals surface area contributed by atoms with E-state index in [1.165, 1.54) is 30.3 Å². The Balaban J connectivity index is 2.40. The van der Waals surface area contributed by atoms with Crippen molar-refractivity contribution >= 4 is 35.1 Å². The second kappa shape index (κ2) is 10.3. The number of nitrogens with zero attached hydrogens (tertiary/aromatic N) is 2. The Morgan fingerprint density at radius 3 is 2.44 bits per heavy atom. The predicted octanol–water partition coefficient (Wildman–Crippen LogP) is 5.14. The fourth-order valence-electron chi connectivity index (χ4n) is 5.25. The minimum Gasteiger partial charge on any atom is -0.480 e. The highest BCUT2D eigenvalue weighted by atomic mass is 35.5. The number of carbonyl (C=O) groups excluding carboxylic acids is 1. The van der Waals surface area contributed by atoms with Gasteiger partial charge in [0.15, 0.2) is 0 Å². The first-order chi connectivity index (χ1) is 16.7. The summed E-state index contributed by atoms with van der Waals surface area (Å²) in [7, 11) is 1.60. The quantitative estimate of drug-likeness (QED) is 0.532. The molecule has 1 heterocycles. The predicted molar refractivity (Wildman–Crippen MR) is 133 cm³/mol. The molecule has 10 heteroatoms. The van der Waals surface area contributed by atoms with Crippen LogP contribution in [-0.4, -0.2) is 47.6 Å². The molecule has 3 rings (SSSR count). The summed E-state index contributed by atoms with van der Waals surface area (Å²) in [5.41, 5.74) is -2.22. The van der Waals surface area contributed by atoms with E-state index in [2.05, 4.69) is 11.4 Å². The Kier molecular flexibility index (Phi) is 7.99. The fourth-order valence-corrected chi connectivity index (χ4v) is 5.59. The molecule has 4 atom stereocenters. The molecule has 0 spiro atoms. The Morgan fingerprint density at radius 1 is 1.22 bits per heavy atom. The van der Waals surface area contributed by atoms with Crippen LogP contribution in [0.2, 0.25) is 10.0 Å².